The van der Waals surface area contributed by atoms with Gasteiger partial charge in [0.2, 0.25) is 10.0 Å². The van der Waals surface area contributed by atoms with Crippen LogP contribution in [0.25, 0.3) is 0 Å². The molecule has 124 valence electrons. The molecule has 0 aliphatic heterocycles. The van der Waals surface area contributed by atoms with Crippen molar-refractivity contribution in [3.8, 4) is 0 Å². The number of sulfonamides is 1. The second-order valence-electron chi connectivity index (χ2n) is 4.55. The van der Waals surface area contributed by atoms with Crippen molar-refractivity contribution in [2.24, 2.45) is 0 Å². The molecule has 1 rings (SSSR count). The maximum atomic E-state index is 13.5. The van der Waals surface area contributed by atoms with E-state index in [1.165, 1.54) is 0 Å². The van der Waals surface area contributed by atoms with Gasteiger partial charge >= 0.3 is 12.1 Å². The Hall–Kier alpha value is -1.72. The zero-order valence-electron chi connectivity index (χ0n) is 11.0. The van der Waals surface area contributed by atoms with E-state index in [0.29, 0.717) is 12.1 Å². The minimum atomic E-state index is -4.88. The molecule has 0 spiro atoms. The van der Waals surface area contributed by atoms with Crippen LogP contribution in [0.15, 0.2) is 23.1 Å². The zero-order valence-corrected chi connectivity index (χ0v) is 11.8. The second kappa shape index (κ2) is 5.82. The third-order valence-corrected chi connectivity index (χ3v) is 4.03. The summed E-state index contributed by atoms with van der Waals surface area (Å²) in [6, 6.07) is 0.766. The minimum absolute atomic E-state index is 0.0765. The van der Waals surface area contributed by atoms with Crippen molar-refractivity contribution in [2.45, 2.75) is 23.6 Å². The van der Waals surface area contributed by atoms with Crippen LogP contribution in [-0.2, 0) is 21.0 Å². The van der Waals surface area contributed by atoms with Gasteiger partial charge in [-0.15, -0.1) is 0 Å². The molecule has 22 heavy (non-hydrogen) atoms. The Morgan fingerprint density at radius 3 is 2.32 bits per heavy atom. The molecule has 0 saturated carbocycles. The lowest BCUT2D eigenvalue weighted by atomic mass is 10.1. The van der Waals surface area contributed by atoms with E-state index < -0.39 is 50.6 Å². The third kappa shape index (κ3) is 4.15. The van der Waals surface area contributed by atoms with E-state index in [1.54, 1.807) is 4.72 Å². The normalized spacial score (nSPS) is 15.4. The Labute approximate surface area is 122 Å². The first kappa shape index (κ1) is 18.3. The summed E-state index contributed by atoms with van der Waals surface area (Å²) in [4.78, 5) is 9.32. The third-order valence-electron chi connectivity index (χ3n) is 2.62. The Balaban J connectivity index is 3.16. The first-order chi connectivity index (χ1) is 9.77. The van der Waals surface area contributed by atoms with Crippen molar-refractivity contribution in [3.05, 3.63) is 29.6 Å². The molecule has 1 unspecified atom stereocenters. The van der Waals surface area contributed by atoms with Crippen LogP contribution in [0.4, 0.5) is 17.6 Å². The smallest absolute Gasteiger partial charge is 0.416 e. The van der Waals surface area contributed by atoms with Gasteiger partial charge < -0.3 is 10.2 Å². The largest absolute Gasteiger partial charge is 0.479 e. The minimum Gasteiger partial charge on any atom is -0.479 e. The van der Waals surface area contributed by atoms with Gasteiger partial charge in [-0.1, -0.05) is 0 Å². The van der Waals surface area contributed by atoms with Gasteiger partial charge in [-0.2, -0.15) is 13.2 Å². The molecule has 6 nitrogen and oxygen atoms in total. The number of aliphatic hydroxyl groups is 1. The number of alkyl halides is 3. The number of hydrogen-bond acceptors (Lipinski definition) is 4. The number of rotatable bonds is 5. The number of nitrogens with one attached hydrogen (secondary N) is 1. The molecular formula is C11H11F4NO5S. The topological polar surface area (TPSA) is 104 Å². The Morgan fingerprint density at radius 2 is 1.86 bits per heavy atom. The molecule has 0 amide bonds. The summed E-state index contributed by atoms with van der Waals surface area (Å²) in [5.74, 6) is -3.21. The van der Waals surface area contributed by atoms with E-state index >= 15 is 0 Å². The van der Waals surface area contributed by atoms with E-state index in [1.807, 2.05) is 0 Å². The standard InChI is InChI=1S/C11H11F4NO5S/c1-10(19,9(17)18)5-16-22(20,21)8-4-6(11(13,14)15)2-3-7(8)12/h2-4,16,19H,5H2,1H3,(H,17,18). The maximum absolute atomic E-state index is 13.5. The summed E-state index contributed by atoms with van der Waals surface area (Å²) in [5, 5.41) is 18.0. The van der Waals surface area contributed by atoms with Crippen molar-refractivity contribution in [1.29, 1.82) is 0 Å². The van der Waals surface area contributed by atoms with Gasteiger partial charge in [-0.05, 0) is 25.1 Å². The number of carbonyl (C=O) groups is 1. The number of carboxylic acids is 1. The second-order valence-corrected chi connectivity index (χ2v) is 6.28. The van der Waals surface area contributed by atoms with Crippen LogP contribution in [0.1, 0.15) is 12.5 Å². The molecule has 1 aromatic carbocycles. The van der Waals surface area contributed by atoms with Crippen LogP contribution in [0, 0.1) is 5.82 Å². The molecule has 0 aromatic heterocycles. The van der Waals surface area contributed by atoms with Crippen LogP contribution in [-0.4, -0.2) is 36.7 Å². The number of halogens is 4. The molecule has 3 N–H and O–H groups in total. The molecule has 1 atom stereocenters. The molecule has 0 fully saturated rings. The van der Waals surface area contributed by atoms with Crippen molar-refractivity contribution < 1.29 is 41.0 Å². The Morgan fingerprint density at radius 1 is 1.32 bits per heavy atom. The van der Waals surface area contributed by atoms with Crippen molar-refractivity contribution in [1.82, 2.24) is 4.72 Å². The van der Waals surface area contributed by atoms with Crippen molar-refractivity contribution in [2.75, 3.05) is 6.54 Å². The van der Waals surface area contributed by atoms with Crippen LogP contribution in [0.5, 0.6) is 0 Å². The van der Waals surface area contributed by atoms with E-state index in [2.05, 4.69) is 0 Å². The summed E-state index contributed by atoms with van der Waals surface area (Å²) < 4.78 is 76.1. The summed E-state index contributed by atoms with van der Waals surface area (Å²) in [6.07, 6.45) is -4.88. The summed E-state index contributed by atoms with van der Waals surface area (Å²) >= 11 is 0. The number of aliphatic carboxylic acids is 1. The Bertz CT molecular complexity index is 684. The van der Waals surface area contributed by atoms with Gasteiger partial charge in [0.1, 0.15) is 10.7 Å². The fourth-order valence-corrected chi connectivity index (χ4v) is 2.51. The van der Waals surface area contributed by atoms with Crippen LogP contribution in [0.2, 0.25) is 0 Å². The fourth-order valence-electron chi connectivity index (χ4n) is 1.27. The summed E-state index contributed by atoms with van der Waals surface area (Å²) in [7, 11) is -4.79. The first-order valence-corrected chi connectivity index (χ1v) is 7.08. The van der Waals surface area contributed by atoms with Gasteiger partial charge in [0, 0.05) is 0 Å². The number of carboxylic acid groups (broad SMARTS) is 1. The van der Waals surface area contributed by atoms with Crippen molar-refractivity contribution >= 4 is 16.0 Å². The van der Waals surface area contributed by atoms with Gasteiger partial charge in [0.15, 0.2) is 5.60 Å². The summed E-state index contributed by atoms with van der Waals surface area (Å²) in [6.45, 7) is -0.291. The average Bonchev–Trinajstić information content (AvgIpc) is 2.35. The van der Waals surface area contributed by atoms with E-state index in [-0.39, 0.29) is 6.07 Å². The lowest BCUT2D eigenvalue weighted by Crippen LogP contribution is -2.46. The fraction of sp³-hybridized carbons (Fsp3) is 0.364. The predicted octanol–water partition coefficient (Wildman–Crippen LogP) is 0.958. The van der Waals surface area contributed by atoms with Crippen LogP contribution >= 0.6 is 0 Å². The van der Waals surface area contributed by atoms with Crippen molar-refractivity contribution in [3.63, 3.8) is 0 Å². The highest BCUT2D eigenvalue weighted by molar-refractivity contribution is 7.89. The monoisotopic (exact) mass is 345 g/mol. The lowest BCUT2D eigenvalue weighted by Gasteiger charge is -2.18. The van der Waals surface area contributed by atoms with Gasteiger partial charge in [0.25, 0.3) is 0 Å². The van der Waals surface area contributed by atoms with Gasteiger partial charge in [-0.25, -0.2) is 22.3 Å². The molecule has 11 heteroatoms. The highest BCUT2D eigenvalue weighted by Crippen LogP contribution is 2.31. The van der Waals surface area contributed by atoms with E-state index in [4.69, 9.17) is 5.11 Å². The molecular weight excluding hydrogens is 334 g/mol. The molecule has 0 heterocycles. The number of benzene rings is 1. The molecule has 1 aromatic rings. The quantitative estimate of drug-likeness (QED) is 0.690. The average molecular weight is 345 g/mol. The van der Waals surface area contributed by atoms with Gasteiger partial charge in [-0.3, -0.25) is 0 Å². The molecule has 0 saturated heterocycles. The SMILES string of the molecule is CC(O)(CNS(=O)(=O)c1cc(C(F)(F)F)ccc1F)C(=O)O. The highest BCUT2D eigenvalue weighted by Gasteiger charge is 2.35. The first-order valence-electron chi connectivity index (χ1n) is 5.59. The zero-order chi connectivity index (χ0) is 17.3. The van der Waals surface area contributed by atoms with Crippen LogP contribution < -0.4 is 4.72 Å². The molecule has 0 radical (unpaired) electrons. The summed E-state index contributed by atoms with van der Waals surface area (Å²) in [5.41, 5.74) is -3.90. The van der Waals surface area contributed by atoms with Gasteiger partial charge in [0.05, 0.1) is 12.1 Å². The Kier molecular flexibility index (Phi) is 4.85. The molecule has 0 bridgehead atoms. The predicted molar refractivity (Wildman–Crippen MR) is 64.9 cm³/mol. The van der Waals surface area contributed by atoms with Crippen LogP contribution in [0.3, 0.4) is 0 Å². The highest BCUT2D eigenvalue weighted by atomic mass is 32.2. The van der Waals surface area contributed by atoms with E-state index in [9.17, 15) is 35.9 Å². The van der Waals surface area contributed by atoms with E-state index in [0.717, 1.165) is 6.92 Å². The molecule has 0 aliphatic carbocycles. The molecule has 0 aliphatic rings. The maximum Gasteiger partial charge on any atom is 0.416 e. The number of hydrogen-bond donors (Lipinski definition) is 3. The lowest BCUT2D eigenvalue weighted by molar-refractivity contribution is -0.155.